The highest BCUT2D eigenvalue weighted by atomic mass is 127. The number of aromatic nitrogens is 1. The fourth-order valence-electron chi connectivity index (χ4n) is 3.38. The van der Waals surface area contributed by atoms with Gasteiger partial charge in [0.1, 0.15) is 6.26 Å². The zero-order valence-corrected chi connectivity index (χ0v) is 20.9. The van der Waals surface area contributed by atoms with Crippen molar-refractivity contribution in [1.29, 1.82) is 0 Å². The maximum Gasteiger partial charge on any atom is 0.407 e. The van der Waals surface area contributed by atoms with Crippen molar-refractivity contribution in [3.63, 3.8) is 0 Å². The third kappa shape index (κ3) is 9.50. The molecule has 0 bridgehead atoms. The number of ether oxygens (including phenoxy) is 1. The molecule has 1 saturated heterocycles. The lowest BCUT2D eigenvalue weighted by Crippen LogP contribution is -2.52. The normalized spacial score (nSPS) is 16.2. The van der Waals surface area contributed by atoms with Crippen molar-refractivity contribution < 1.29 is 14.1 Å². The van der Waals surface area contributed by atoms with Crippen LogP contribution in [-0.2, 0) is 11.3 Å². The summed E-state index contributed by atoms with van der Waals surface area (Å²) in [7, 11) is 0. The first-order valence-electron chi connectivity index (χ1n) is 10.6. The topological polar surface area (TPSA) is 95.2 Å². The fraction of sp³-hybridized carbons (Fsp3) is 0.750. The van der Waals surface area contributed by atoms with Gasteiger partial charge < -0.3 is 24.8 Å². The van der Waals surface area contributed by atoms with Gasteiger partial charge in [-0.25, -0.2) is 4.79 Å². The summed E-state index contributed by atoms with van der Waals surface area (Å²) >= 11 is 0. The van der Waals surface area contributed by atoms with E-state index in [9.17, 15) is 4.79 Å². The molecule has 0 aliphatic carbocycles. The second kappa shape index (κ2) is 14.4. The van der Waals surface area contributed by atoms with Crippen molar-refractivity contribution >= 4 is 36.0 Å². The summed E-state index contributed by atoms with van der Waals surface area (Å²) in [6.07, 6.45) is 2.09. The Morgan fingerprint density at radius 3 is 2.60 bits per heavy atom. The molecule has 1 atom stereocenters. The van der Waals surface area contributed by atoms with Crippen LogP contribution in [0.1, 0.15) is 39.8 Å². The number of halogens is 1. The average Bonchev–Trinajstić information content (AvgIpc) is 3.18. The monoisotopic (exact) mass is 536 g/mol. The van der Waals surface area contributed by atoms with E-state index in [0.717, 1.165) is 57.3 Å². The minimum absolute atomic E-state index is 0. The van der Waals surface area contributed by atoms with Crippen LogP contribution in [-0.4, -0.2) is 78.9 Å². The molecule has 1 aliphatic rings. The highest BCUT2D eigenvalue weighted by Gasteiger charge is 2.21. The van der Waals surface area contributed by atoms with E-state index in [1.54, 1.807) is 13.2 Å². The van der Waals surface area contributed by atoms with Crippen molar-refractivity contribution in [1.82, 2.24) is 25.6 Å². The molecule has 1 aromatic heterocycles. The quantitative estimate of drug-likeness (QED) is 0.285. The predicted octanol–water partition coefficient (Wildman–Crippen LogP) is 2.54. The summed E-state index contributed by atoms with van der Waals surface area (Å²) in [5.41, 5.74) is 0.959. The van der Waals surface area contributed by atoms with Gasteiger partial charge >= 0.3 is 6.09 Å². The standard InChI is InChI=1S/C20H36N6O3.HI/c1-5-21-19(22-14-18(13-16(3)4)23-20(27)28-6-2)26-10-8-25(9-11-26)15-17-7-12-29-24-17;/h7,12,16,18H,5-6,8-11,13-15H2,1-4H3,(H,21,22)(H,23,27);1H. The average molecular weight is 536 g/mol. The summed E-state index contributed by atoms with van der Waals surface area (Å²) in [5.74, 6) is 1.35. The SMILES string of the molecule is CCNC(=NCC(CC(C)C)NC(=O)OCC)N1CCN(Cc2ccon2)CC1.I. The number of guanidine groups is 1. The lowest BCUT2D eigenvalue weighted by Gasteiger charge is -2.36. The summed E-state index contributed by atoms with van der Waals surface area (Å²) < 4.78 is 9.95. The Morgan fingerprint density at radius 1 is 1.30 bits per heavy atom. The molecular formula is C20H37IN6O3. The number of amides is 1. The van der Waals surface area contributed by atoms with Gasteiger partial charge in [0.2, 0.25) is 0 Å². The summed E-state index contributed by atoms with van der Waals surface area (Å²) in [6, 6.07) is 1.86. The third-order valence-corrected chi connectivity index (χ3v) is 4.70. The Morgan fingerprint density at radius 2 is 2.03 bits per heavy atom. The van der Waals surface area contributed by atoms with Crippen LogP contribution >= 0.6 is 24.0 Å². The number of carbonyl (C=O) groups is 1. The molecule has 1 unspecified atom stereocenters. The molecule has 0 aromatic carbocycles. The second-order valence-corrected chi connectivity index (χ2v) is 7.64. The van der Waals surface area contributed by atoms with Crippen LogP contribution in [0.15, 0.2) is 21.8 Å². The lowest BCUT2D eigenvalue weighted by molar-refractivity contribution is 0.147. The maximum atomic E-state index is 11.8. The molecule has 30 heavy (non-hydrogen) atoms. The largest absolute Gasteiger partial charge is 0.450 e. The molecule has 1 amide bonds. The molecule has 0 saturated carbocycles. The Balaban J connectivity index is 0.00000450. The van der Waals surface area contributed by atoms with Crippen molar-refractivity contribution in [2.45, 2.75) is 46.7 Å². The Hall–Kier alpha value is -1.56. The van der Waals surface area contributed by atoms with Crippen molar-refractivity contribution in [2.75, 3.05) is 45.9 Å². The minimum atomic E-state index is -0.375. The van der Waals surface area contributed by atoms with Crippen molar-refractivity contribution in [3.05, 3.63) is 18.0 Å². The number of nitrogens with zero attached hydrogens (tertiary/aromatic N) is 4. The van der Waals surface area contributed by atoms with E-state index in [4.69, 9.17) is 14.3 Å². The predicted molar refractivity (Wildman–Crippen MR) is 128 cm³/mol. The van der Waals surface area contributed by atoms with E-state index < -0.39 is 0 Å². The summed E-state index contributed by atoms with van der Waals surface area (Å²) in [6.45, 7) is 14.3. The smallest absolute Gasteiger partial charge is 0.407 e. The molecule has 1 aromatic rings. The first-order valence-corrected chi connectivity index (χ1v) is 10.6. The fourth-order valence-corrected chi connectivity index (χ4v) is 3.38. The van der Waals surface area contributed by atoms with Gasteiger partial charge in [-0.15, -0.1) is 24.0 Å². The number of rotatable bonds is 9. The molecule has 2 heterocycles. The van der Waals surface area contributed by atoms with Gasteiger partial charge in [-0.2, -0.15) is 0 Å². The first kappa shape index (κ1) is 26.5. The van der Waals surface area contributed by atoms with Gasteiger partial charge in [0.25, 0.3) is 0 Å². The number of hydrogen-bond acceptors (Lipinski definition) is 6. The molecule has 0 spiro atoms. The van der Waals surface area contributed by atoms with E-state index in [2.05, 4.69) is 46.4 Å². The highest BCUT2D eigenvalue weighted by molar-refractivity contribution is 14.0. The maximum absolute atomic E-state index is 11.8. The second-order valence-electron chi connectivity index (χ2n) is 7.64. The van der Waals surface area contributed by atoms with E-state index in [1.165, 1.54) is 0 Å². The van der Waals surface area contributed by atoms with Crippen LogP contribution in [0.2, 0.25) is 0 Å². The molecular weight excluding hydrogens is 499 g/mol. The van der Waals surface area contributed by atoms with E-state index in [-0.39, 0.29) is 36.1 Å². The Bertz CT molecular complexity index is 618. The van der Waals surface area contributed by atoms with Gasteiger partial charge in [-0.3, -0.25) is 9.89 Å². The molecule has 2 N–H and O–H groups in total. The summed E-state index contributed by atoms with van der Waals surface area (Å²) in [5, 5.41) is 10.3. The molecule has 10 heteroatoms. The van der Waals surface area contributed by atoms with Crippen LogP contribution in [0, 0.1) is 5.92 Å². The van der Waals surface area contributed by atoms with Gasteiger partial charge in [0.15, 0.2) is 5.96 Å². The van der Waals surface area contributed by atoms with Gasteiger partial charge in [0, 0.05) is 45.3 Å². The molecule has 2 rings (SSSR count). The van der Waals surface area contributed by atoms with Crippen LogP contribution in [0.4, 0.5) is 4.79 Å². The first-order chi connectivity index (χ1) is 14.0. The van der Waals surface area contributed by atoms with Gasteiger partial charge in [0.05, 0.1) is 24.9 Å². The number of piperazine rings is 1. The number of hydrogen-bond donors (Lipinski definition) is 2. The molecule has 1 fully saturated rings. The van der Waals surface area contributed by atoms with Crippen LogP contribution in [0.25, 0.3) is 0 Å². The van der Waals surface area contributed by atoms with Gasteiger partial charge in [-0.1, -0.05) is 19.0 Å². The molecule has 172 valence electrons. The van der Waals surface area contributed by atoms with Crippen LogP contribution in [0.5, 0.6) is 0 Å². The molecule has 1 aliphatic heterocycles. The van der Waals surface area contributed by atoms with Crippen molar-refractivity contribution in [3.8, 4) is 0 Å². The van der Waals surface area contributed by atoms with Gasteiger partial charge in [-0.05, 0) is 26.2 Å². The third-order valence-electron chi connectivity index (χ3n) is 4.70. The summed E-state index contributed by atoms with van der Waals surface area (Å²) in [4.78, 5) is 21.3. The van der Waals surface area contributed by atoms with Crippen LogP contribution < -0.4 is 10.6 Å². The molecule has 9 nitrogen and oxygen atoms in total. The van der Waals surface area contributed by atoms with E-state index in [0.29, 0.717) is 19.1 Å². The van der Waals surface area contributed by atoms with E-state index >= 15 is 0 Å². The Labute approximate surface area is 197 Å². The zero-order valence-electron chi connectivity index (χ0n) is 18.6. The minimum Gasteiger partial charge on any atom is -0.450 e. The number of carbonyl (C=O) groups excluding carboxylic acids is 1. The number of alkyl carbamates (subject to hydrolysis) is 1. The lowest BCUT2D eigenvalue weighted by atomic mass is 10.0. The number of nitrogens with one attached hydrogen (secondary N) is 2. The van der Waals surface area contributed by atoms with E-state index in [1.807, 2.05) is 6.07 Å². The zero-order chi connectivity index (χ0) is 21.1. The highest BCUT2D eigenvalue weighted by Crippen LogP contribution is 2.09. The Kier molecular flexibility index (Phi) is 12.7. The number of aliphatic imine (C=N–C) groups is 1. The molecule has 0 radical (unpaired) electrons. The van der Waals surface area contributed by atoms with Crippen molar-refractivity contribution in [2.24, 2.45) is 10.9 Å². The van der Waals surface area contributed by atoms with Crippen LogP contribution in [0.3, 0.4) is 0 Å².